The maximum Gasteiger partial charge on any atom is 0.233 e. The third kappa shape index (κ3) is 3.09. The van der Waals surface area contributed by atoms with Crippen LogP contribution < -0.4 is 0 Å². The third-order valence-electron chi connectivity index (χ3n) is 3.64. The van der Waals surface area contributed by atoms with E-state index in [0.717, 1.165) is 15.7 Å². The summed E-state index contributed by atoms with van der Waals surface area (Å²) in [7, 11) is 1.66. The van der Waals surface area contributed by atoms with Crippen LogP contribution in [-0.4, -0.2) is 41.4 Å². The maximum absolute atomic E-state index is 12.0. The first-order valence-electron chi connectivity index (χ1n) is 7.03. The normalized spacial score (nSPS) is 18.2. The number of amides is 1. The SMILES string of the molecule is COCCN1C(=O)CS[C@H]1c1ccn(-c2ccccc2Br)c1. The van der Waals surface area contributed by atoms with Gasteiger partial charge in [0.1, 0.15) is 5.37 Å². The minimum Gasteiger partial charge on any atom is -0.383 e. The molecule has 1 saturated heterocycles. The summed E-state index contributed by atoms with van der Waals surface area (Å²) in [6, 6.07) is 10.2. The highest BCUT2D eigenvalue weighted by Crippen LogP contribution is 2.39. The molecule has 2 aromatic rings. The number of para-hydroxylation sites is 1. The lowest BCUT2D eigenvalue weighted by Gasteiger charge is -2.22. The number of rotatable bonds is 5. The molecule has 0 aliphatic carbocycles. The number of hydrogen-bond acceptors (Lipinski definition) is 3. The van der Waals surface area contributed by atoms with Crippen molar-refractivity contribution in [3.63, 3.8) is 0 Å². The van der Waals surface area contributed by atoms with E-state index >= 15 is 0 Å². The molecule has 1 atom stereocenters. The first kappa shape index (κ1) is 15.6. The summed E-state index contributed by atoms with van der Waals surface area (Å²) >= 11 is 5.24. The predicted molar refractivity (Wildman–Crippen MR) is 92.3 cm³/mol. The Morgan fingerprint density at radius 2 is 2.18 bits per heavy atom. The van der Waals surface area contributed by atoms with E-state index in [9.17, 15) is 4.79 Å². The number of carbonyl (C=O) groups is 1. The summed E-state index contributed by atoms with van der Waals surface area (Å²) in [6.07, 6.45) is 4.13. The summed E-state index contributed by atoms with van der Waals surface area (Å²) < 4.78 is 8.24. The molecular weight excluding hydrogens is 364 g/mol. The number of aromatic nitrogens is 1. The maximum atomic E-state index is 12.0. The van der Waals surface area contributed by atoms with Gasteiger partial charge in [-0.05, 0) is 34.1 Å². The number of benzene rings is 1. The topological polar surface area (TPSA) is 34.5 Å². The highest BCUT2D eigenvalue weighted by atomic mass is 79.9. The second-order valence-electron chi connectivity index (χ2n) is 5.05. The quantitative estimate of drug-likeness (QED) is 0.796. The summed E-state index contributed by atoms with van der Waals surface area (Å²) in [5.41, 5.74) is 2.23. The molecular formula is C16H17BrN2O2S. The van der Waals surface area contributed by atoms with E-state index in [4.69, 9.17) is 4.74 Å². The lowest BCUT2D eigenvalue weighted by Crippen LogP contribution is -2.31. The van der Waals surface area contributed by atoms with Gasteiger partial charge >= 0.3 is 0 Å². The Kier molecular flexibility index (Phi) is 4.90. The molecule has 6 heteroatoms. The number of carbonyl (C=O) groups excluding carboxylic acids is 1. The van der Waals surface area contributed by atoms with Crippen molar-refractivity contribution in [1.29, 1.82) is 0 Å². The van der Waals surface area contributed by atoms with Crippen molar-refractivity contribution >= 4 is 33.6 Å². The van der Waals surface area contributed by atoms with Crippen molar-refractivity contribution in [3.8, 4) is 5.69 Å². The molecule has 1 aromatic carbocycles. The van der Waals surface area contributed by atoms with Gasteiger partial charge in [-0.3, -0.25) is 4.79 Å². The molecule has 4 nitrogen and oxygen atoms in total. The van der Waals surface area contributed by atoms with Gasteiger partial charge in [0, 0.05) is 36.1 Å². The van der Waals surface area contributed by atoms with Gasteiger partial charge in [-0.1, -0.05) is 12.1 Å². The summed E-state index contributed by atoms with van der Waals surface area (Å²) in [5.74, 6) is 0.717. The lowest BCUT2D eigenvalue weighted by molar-refractivity contribution is -0.128. The fourth-order valence-electron chi connectivity index (χ4n) is 2.53. The molecule has 1 aliphatic heterocycles. The van der Waals surface area contributed by atoms with Gasteiger partial charge < -0.3 is 14.2 Å². The van der Waals surface area contributed by atoms with Crippen LogP contribution in [0.15, 0.2) is 47.2 Å². The molecule has 2 heterocycles. The van der Waals surface area contributed by atoms with Crippen LogP contribution >= 0.6 is 27.7 Å². The van der Waals surface area contributed by atoms with Crippen LogP contribution in [0.2, 0.25) is 0 Å². The minimum absolute atomic E-state index is 0.0754. The van der Waals surface area contributed by atoms with E-state index in [-0.39, 0.29) is 11.3 Å². The van der Waals surface area contributed by atoms with Gasteiger partial charge in [-0.25, -0.2) is 0 Å². The monoisotopic (exact) mass is 380 g/mol. The zero-order valence-corrected chi connectivity index (χ0v) is 14.6. The Morgan fingerprint density at radius 3 is 2.95 bits per heavy atom. The van der Waals surface area contributed by atoms with Crippen molar-refractivity contribution in [2.45, 2.75) is 5.37 Å². The molecule has 0 saturated carbocycles. The standard InChI is InChI=1S/C16H17BrN2O2S/c1-21-9-8-19-15(20)11-22-16(19)12-6-7-18(10-12)14-5-3-2-4-13(14)17/h2-7,10,16H,8-9,11H2,1H3/t16-/m0/s1. The van der Waals surface area contributed by atoms with Gasteiger partial charge in [0.25, 0.3) is 0 Å². The van der Waals surface area contributed by atoms with Crippen molar-refractivity contribution in [2.75, 3.05) is 26.0 Å². The van der Waals surface area contributed by atoms with Crippen LogP contribution in [0.1, 0.15) is 10.9 Å². The molecule has 0 radical (unpaired) electrons. The summed E-state index contributed by atoms with van der Waals surface area (Å²) in [6.45, 7) is 1.20. The Labute approximate surface area is 142 Å². The molecule has 22 heavy (non-hydrogen) atoms. The van der Waals surface area contributed by atoms with Gasteiger partial charge in [0.05, 0.1) is 18.0 Å². The summed E-state index contributed by atoms with van der Waals surface area (Å²) in [5, 5.41) is 0.0754. The Bertz CT molecular complexity index is 674. The third-order valence-corrected chi connectivity index (χ3v) is 5.56. The van der Waals surface area contributed by atoms with Gasteiger partial charge in [0.15, 0.2) is 0 Å². The first-order chi connectivity index (χ1) is 10.7. The molecule has 0 bridgehead atoms. The predicted octanol–water partition coefficient (Wildman–Crippen LogP) is 3.46. The zero-order chi connectivity index (χ0) is 15.5. The lowest BCUT2D eigenvalue weighted by atomic mass is 10.3. The number of hydrogen-bond donors (Lipinski definition) is 0. The van der Waals surface area contributed by atoms with Gasteiger partial charge in [-0.15, -0.1) is 11.8 Å². The molecule has 0 unspecified atom stereocenters. The molecule has 1 fully saturated rings. The molecule has 0 N–H and O–H groups in total. The average Bonchev–Trinajstić information content (AvgIpc) is 3.12. The number of methoxy groups -OCH3 is 1. The number of ether oxygens (including phenoxy) is 1. The van der Waals surface area contributed by atoms with Crippen LogP contribution in [-0.2, 0) is 9.53 Å². The second kappa shape index (κ2) is 6.89. The van der Waals surface area contributed by atoms with Crippen molar-refractivity contribution in [2.24, 2.45) is 0 Å². The van der Waals surface area contributed by atoms with Crippen molar-refractivity contribution in [3.05, 3.63) is 52.8 Å². The second-order valence-corrected chi connectivity index (χ2v) is 6.97. The highest BCUT2D eigenvalue weighted by Gasteiger charge is 2.32. The molecule has 116 valence electrons. The van der Waals surface area contributed by atoms with Crippen LogP contribution in [0.3, 0.4) is 0 Å². The summed E-state index contributed by atoms with van der Waals surface area (Å²) in [4.78, 5) is 13.9. The smallest absolute Gasteiger partial charge is 0.233 e. The largest absolute Gasteiger partial charge is 0.383 e. The minimum atomic E-state index is 0.0754. The molecule has 3 rings (SSSR count). The molecule has 0 spiro atoms. The Morgan fingerprint density at radius 1 is 1.36 bits per heavy atom. The zero-order valence-electron chi connectivity index (χ0n) is 12.2. The molecule has 1 aromatic heterocycles. The molecule has 1 amide bonds. The van der Waals surface area contributed by atoms with E-state index in [0.29, 0.717) is 18.9 Å². The van der Waals surface area contributed by atoms with Crippen molar-refractivity contribution < 1.29 is 9.53 Å². The highest BCUT2D eigenvalue weighted by molar-refractivity contribution is 9.10. The van der Waals surface area contributed by atoms with E-state index in [1.165, 1.54) is 0 Å². The Balaban J connectivity index is 1.84. The Hall–Kier alpha value is -1.24. The fraction of sp³-hybridized carbons (Fsp3) is 0.312. The van der Waals surface area contributed by atoms with Crippen LogP contribution in [0.25, 0.3) is 5.69 Å². The number of nitrogens with zero attached hydrogens (tertiary/aromatic N) is 2. The molecule has 1 aliphatic rings. The van der Waals surface area contributed by atoms with Crippen LogP contribution in [0, 0.1) is 0 Å². The van der Waals surface area contributed by atoms with Gasteiger partial charge in [0.2, 0.25) is 5.91 Å². The van der Waals surface area contributed by atoms with Crippen LogP contribution in [0.4, 0.5) is 0 Å². The van der Waals surface area contributed by atoms with E-state index < -0.39 is 0 Å². The average molecular weight is 381 g/mol. The van der Waals surface area contributed by atoms with E-state index in [1.54, 1.807) is 18.9 Å². The first-order valence-corrected chi connectivity index (χ1v) is 8.87. The number of thioether (sulfide) groups is 1. The van der Waals surface area contributed by atoms with Crippen molar-refractivity contribution in [1.82, 2.24) is 9.47 Å². The van der Waals surface area contributed by atoms with Gasteiger partial charge in [-0.2, -0.15) is 0 Å². The number of halogens is 1. The van der Waals surface area contributed by atoms with E-state index in [2.05, 4.69) is 38.8 Å². The fourth-order valence-corrected chi connectivity index (χ4v) is 4.22. The van der Waals surface area contributed by atoms with Crippen LogP contribution in [0.5, 0.6) is 0 Å². The van der Waals surface area contributed by atoms with E-state index in [1.807, 2.05) is 29.3 Å².